The fourth-order valence-electron chi connectivity index (χ4n) is 5.43. The second-order valence-corrected chi connectivity index (χ2v) is 10.9. The molecule has 0 saturated carbocycles. The van der Waals surface area contributed by atoms with Crippen LogP contribution < -0.4 is 10.2 Å². The molecule has 1 fully saturated rings. The number of aliphatic hydroxyl groups is 1. The third-order valence-corrected chi connectivity index (χ3v) is 7.34. The van der Waals surface area contributed by atoms with E-state index in [2.05, 4.69) is 20.5 Å². The molecule has 1 atom stereocenters. The number of aromatic nitrogens is 6. The maximum atomic E-state index is 14.8. The minimum atomic E-state index is -0.946. The number of nitrogens with zero attached hydrogens (tertiary/aromatic N) is 8. The highest BCUT2D eigenvalue weighted by molar-refractivity contribution is 5.89. The molecule has 1 aliphatic heterocycles. The highest BCUT2D eigenvalue weighted by atomic mass is 19.1. The molecule has 0 spiro atoms. The van der Waals surface area contributed by atoms with Crippen molar-refractivity contribution >= 4 is 22.5 Å². The zero-order chi connectivity index (χ0) is 28.0. The molecule has 2 aromatic carbocycles. The Morgan fingerprint density at radius 2 is 2.02 bits per heavy atom. The first-order chi connectivity index (χ1) is 19.3. The molecule has 3 aromatic heterocycles. The van der Waals surface area contributed by atoms with E-state index in [4.69, 9.17) is 9.97 Å². The van der Waals surface area contributed by atoms with Gasteiger partial charge in [-0.2, -0.15) is 5.26 Å². The van der Waals surface area contributed by atoms with Crippen LogP contribution in [-0.4, -0.2) is 66.2 Å². The number of halogens is 1. The van der Waals surface area contributed by atoms with Crippen molar-refractivity contribution in [2.45, 2.75) is 44.9 Å². The van der Waals surface area contributed by atoms with E-state index >= 15 is 0 Å². The van der Waals surface area contributed by atoms with Crippen molar-refractivity contribution in [3.8, 4) is 28.6 Å². The number of nitrogens with one attached hydrogen (secondary N) is 1. The van der Waals surface area contributed by atoms with E-state index in [1.54, 1.807) is 30.8 Å². The van der Waals surface area contributed by atoms with E-state index in [0.717, 1.165) is 48.5 Å². The average molecular weight is 540 g/mol. The van der Waals surface area contributed by atoms with Crippen LogP contribution in [0.5, 0.6) is 0 Å². The van der Waals surface area contributed by atoms with Gasteiger partial charge in [-0.1, -0.05) is 17.3 Å². The molecular formula is C29H30FN9O. The first-order valence-electron chi connectivity index (χ1n) is 13.3. The zero-order valence-electron chi connectivity index (χ0n) is 22.6. The lowest BCUT2D eigenvalue weighted by molar-refractivity contribution is 0.0585. The van der Waals surface area contributed by atoms with Gasteiger partial charge in [-0.25, -0.2) is 19.0 Å². The Kier molecular flexibility index (Phi) is 6.44. The highest BCUT2D eigenvalue weighted by Crippen LogP contribution is 2.37. The van der Waals surface area contributed by atoms with Crippen molar-refractivity contribution in [1.29, 1.82) is 5.26 Å². The smallest absolute Gasteiger partial charge is 0.181 e. The number of nitriles is 1. The topological polar surface area (TPSA) is 120 Å². The van der Waals surface area contributed by atoms with E-state index < -0.39 is 11.4 Å². The molecule has 4 heterocycles. The molecule has 6 rings (SSSR count). The van der Waals surface area contributed by atoms with Crippen molar-refractivity contribution < 1.29 is 9.50 Å². The molecule has 1 saturated heterocycles. The molecule has 0 radical (unpaired) electrons. The SMILES string of the molecule is CN[C@@H]1CCCN(c2nccn3c(-c4ccc5c(c4)nnn5CC(C)(C)O)c(-c4ccc(C#N)c(F)c4)nc23)C1. The van der Waals surface area contributed by atoms with Crippen LogP contribution in [0.25, 0.3) is 39.2 Å². The van der Waals surface area contributed by atoms with E-state index in [9.17, 15) is 14.8 Å². The lowest BCUT2D eigenvalue weighted by Gasteiger charge is -2.33. The van der Waals surface area contributed by atoms with E-state index in [1.165, 1.54) is 12.1 Å². The summed E-state index contributed by atoms with van der Waals surface area (Å²) in [6.45, 7) is 5.42. The fourth-order valence-corrected chi connectivity index (χ4v) is 5.43. The first kappa shape index (κ1) is 25.9. The number of fused-ring (bicyclic) bond motifs is 2. The summed E-state index contributed by atoms with van der Waals surface area (Å²) in [4.78, 5) is 12.0. The molecule has 204 valence electrons. The monoisotopic (exact) mass is 539 g/mol. The van der Waals surface area contributed by atoms with E-state index in [0.29, 0.717) is 35.0 Å². The molecule has 40 heavy (non-hydrogen) atoms. The normalized spacial score (nSPS) is 16.1. The lowest BCUT2D eigenvalue weighted by Crippen LogP contribution is -2.44. The quantitative estimate of drug-likeness (QED) is 0.335. The summed E-state index contributed by atoms with van der Waals surface area (Å²) >= 11 is 0. The molecule has 1 aliphatic rings. The van der Waals surface area contributed by atoms with Gasteiger partial charge in [0.2, 0.25) is 0 Å². The van der Waals surface area contributed by atoms with Crippen molar-refractivity contribution in [2.24, 2.45) is 0 Å². The second kappa shape index (κ2) is 9.97. The summed E-state index contributed by atoms with van der Waals surface area (Å²) in [6.07, 6.45) is 5.75. The molecule has 0 amide bonds. The maximum Gasteiger partial charge on any atom is 0.181 e. The number of hydrogen-bond donors (Lipinski definition) is 2. The van der Waals surface area contributed by atoms with Gasteiger partial charge in [-0.3, -0.25) is 4.40 Å². The van der Waals surface area contributed by atoms with Crippen molar-refractivity contribution in [3.63, 3.8) is 0 Å². The van der Waals surface area contributed by atoms with Gasteiger partial charge >= 0.3 is 0 Å². The van der Waals surface area contributed by atoms with Crippen LogP contribution in [0.3, 0.4) is 0 Å². The van der Waals surface area contributed by atoms with Crippen LogP contribution in [-0.2, 0) is 6.54 Å². The van der Waals surface area contributed by atoms with Gasteiger partial charge in [0.15, 0.2) is 11.5 Å². The maximum absolute atomic E-state index is 14.8. The lowest BCUT2D eigenvalue weighted by atomic mass is 10.0. The van der Waals surface area contributed by atoms with Crippen LogP contribution in [0.2, 0.25) is 0 Å². The van der Waals surface area contributed by atoms with Crippen LogP contribution in [0.4, 0.5) is 10.2 Å². The number of imidazole rings is 1. The first-order valence-corrected chi connectivity index (χ1v) is 13.3. The Hall–Kier alpha value is -4.40. The van der Waals surface area contributed by atoms with E-state index in [1.807, 2.05) is 41.9 Å². The van der Waals surface area contributed by atoms with Gasteiger partial charge in [0, 0.05) is 42.7 Å². The number of hydrogen-bond acceptors (Lipinski definition) is 8. The largest absolute Gasteiger partial charge is 0.389 e. The Morgan fingerprint density at radius 3 is 2.77 bits per heavy atom. The van der Waals surface area contributed by atoms with Crippen LogP contribution in [0.1, 0.15) is 32.3 Å². The number of likely N-dealkylation sites (N-methyl/N-ethyl adjacent to an activating group) is 1. The average Bonchev–Trinajstić information content (AvgIpc) is 3.53. The summed E-state index contributed by atoms with van der Waals surface area (Å²) in [5.41, 5.74) is 3.85. The predicted octanol–water partition coefficient (Wildman–Crippen LogP) is 3.78. The predicted molar refractivity (Wildman–Crippen MR) is 150 cm³/mol. The van der Waals surface area contributed by atoms with Crippen molar-refractivity contribution in [1.82, 2.24) is 34.7 Å². The van der Waals surface area contributed by atoms with Crippen LogP contribution in [0, 0.1) is 17.1 Å². The van der Waals surface area contributed by atoms with Crippen LogP contribution >= 0.6 is 0 Å². The van der Waals surface area contributed by atoms with Crippen molar-refractivity contribution in [2.75, 3.05) is 25.0 Å². The summed E-state index contributed by atoms with van der Waals surface area (Å²) in [7, 11) is 1.97. The third kappa shape index (κ3) is 4.65. The van der Waals surface area contributed by atoms with Gasteiger partial charge < -0.3 is 15.3 Å². The second-order valence-electron chi connectivity index (χ2n) is 10.9. The minimum Gasteiger partial charge on any atom is -0.389 e. The molecule has 0 unspecified atom stereocenters. The van der Waals surface area contributed by atoms with Gasteiger partial charge in [-0.05, 0) is 58.0 Å². The Labute approximate surface area is 230 Å². The molecule has 11 heteroatoms. The standard InChI is InChI=1S/C29H30FN9O/c1-29(2,40)17-39-24-9-8-19(14-23(24)35-36-39)26-25(18-6-7-20(15-31)22(30)13-18)34-28-27(33-10-12-38(26)28)37-11-4-5-21(16-37)32-3/h6-10,12-14,21,32,40H,4-5,11,16-17H2,1-3H3/t21-/m1/s1. The summed E-state index contributed by atoms with van der Waals surface area (Å²) in [5, 5.41) is 31.5. The van der Waals surface area contributed by atoms with Gasteiger partial charge in [-0.15, -0.1) is 5.10 Å². The number of benzene rings is 2. The summed E-state index contributed by atoms with van der Waals surface area (Å²) in [5.74, 6) is 0.167. The summed E-state index contributed by atoms with van der Waals surface area (Å²) < 4.78 is 18.5. The van der Waals surface area contributed by atoms with Gasteiger partial charge in [0.05, 0.1) is 34.6 Å². The number of piperidine rings is 1. The third-order valence-electron chi connectivity index (χ3n) is 7.34. The van der Waals surface area contributed by atoms with Crippen molar-refractivity contribution in [3.05, 3.63) is 60.2 Å². The molecule has 2 N–H and O–H groups in total. The number of rotatable bonds is 6. The van der Waals surface area contributed by atoms with Gasteiger partial charge in [0.1, 0.15) is 17.4 Å². The highest BCUT2D eigenvalue weighted by Gasteiger charge is 2.26. The molecule has 0 bridgehead atoms. The molecule has 10 nitrogen and oxygen atoms in total. The molecular weight excluding hydrogens is 509 g/mol. The number of anilines is 1. The molecule has 5 aromatic rings. The Bertz CT molecular complexity index is 1760. The van der Waals surface area contributed by atoms with Crippen LogP contribution in [0.15, 0.2) is 48.8 Å². The summed E-state index contributed by atoms with van der Waals surface area (Å²) in [6, 6.07) is 12.6. The Morgan fingerprint density at radius 1 is 1.20 bits per heavy atom. The fraction of sp³-hybridized carbons (Fsp3) is 0.345. The molecule has 0 aliphatic carbocycles. The zero-order valence-corrected chi connectivity index (χ0v) is 22.6. The van der Waals surface area contributed by atoms with Gasteiger partial charge in [0.25, 0.3) is 0 Å². The minimum absolute atomic E-state index is 0.0207. The van der Waals surface area contributed by atoms with E-state index in [-0.39, 0.29) is 5.56 Å². The Balaban J connectivity index is 1.55.